The minimum Gasteiger partial charge on any atom is -0.484 e. The highest BCUT2D eigenvalue weighted by Gasteiger charge is 2.21. The van der Waals surface area contributed by atoms with Crippen LogP contribution in [0, 0.1) is 0 Å². The summed E-state index contributed by atoms with van der Waals surface area (Å²) in [5, 5.41) is 3.78. The van der Waals surface area contributed by atoms with Crippen molar-refractivity contribution in [2.24, 2.45) is 0 Å². The number of hydrogen-bond donors (Lipinski definition) is 1. The van der Waals surface area contributed by atoms with Crippen LogP contribution in [0.25, 0.3) is 21.3 Å². The van der Waals surface area contributed by atoms with E-state index in [1.54, 1.807) is 12.1 Å². The first-order valence-corrected chi connectivity index (χ1v) is 11.1. The number of ether oxygens (including phenoxy) is 1. The molecule has 0 radical (unpaired) electrons. The Morgan fingerprint density at radius 3 is 2.48 bits per heavy atom. The molecule has 4 rings (SSSR count). The van der Waals surface area contributed by atoms with E-state index in [0.29, 0.717) is 10.8 Å². The van der Waals surface area contributed by atoms with Gasteiger partial charge in [0.2, 0.25) is 0 Å². The van der Waals surface area contributed by atoms with E-state index in [2.05, 4.69) is 4.98 Å². The SMILES string of the molecule is O=C(COc1ccc2ccccc2c1)NS(=O)(=O)c1csc(-c2ccccc2)n1. The van der Waals surface area contributed by atoms with Gasteiger partial charge in [-0.25, -0.2) is 9.71 Å². The van der Waals surface area contributed by atoms with Gasteiger partial charge in [0, 0.05) is 10.9 Å². The number of benzene rings is 3. The van der Waals surface area contributed by atoms with Crippen molar-refractivity contribution in [2.45, 2.75) is 5.03 Å². The highest BCUT2D eigenvalue weighted by molar-refractivity contribution is 7.90. The molecular formula is C21H16N2O4S2. The molecule has 4 aromatic rings. The number of sulfonamides is 1. The number of amides is 1. The van der Waals surface area contributed by atoms with E-state index in [4.69, 9.17) is 4.74 Å². The number of aromatic nitrogens is 1. The molecule has 0 fully saturated rings. The molecule has 29 heavy (non-hydrogen) atoms. The molecule has 1 aromatic heterocycles. The minimum absolute atomic E-state index is 0.194. The lowest BCUT2D eigenvalue weighted by Gasteiger charge is -2.08. The maximum Gasteiger partial charge on any atom is 0.282 e. The van der Waals surface area contributed by atoms with Gasteiger partial charge in [-0.2, -0.15) is 8.42 Å². The van der Waals surface area contributed by atoms with Crippen LogP contribution in [-0.4, -0.2) is 25.9 Å². The molecule has 6 nitrogen and oxygen atoms in total. The van der Waals surface area contributed by atoms with Gasteiger partial charge < -0.3 is 4.74 Å². The highest BCUT2D eigenvalue weighted by Crippen LogP contribution is 2.25. The number of carbonyl (C=O) groups is 1. The van der Waals surface area contributed by atoms with Crippen LogP contribution in [0.15, 0.2) is 83.2 Å². The quantitative estimate of drug-likeness (QED) is 0.508. The number of hydrogen-bond acceptors (Lipinski definition) is 6. The zero-order chi connectivity index (χ0) is 20.3. The summed E-state index contributed by atoms with van der Waals surface area (Å²) in [6.07, 6.45) is 0. The van der Waals surface area contributed by atoms with Crippen molar-refractivity contribution in [2.75, 3.05) is 6.61 Å². The molecule has 1 heterocycles. The first kappa shape index (κ1) is 19.1. The van der Waals surface area contributed by atoms with Gasteiger partial charge >= 0.3 is 0 Å². The van der Waals surface area contributed by atoms with Crippen molar-refractivity contribution in [3.8, 4) is 16.3 Å². The molecule has 0 aliphatic rings. The van der Waals surface area contributed by atoms with Crippen molar-refractivity contribution in [3.05, 3.63) is 78.2 Å². The first-order chi connectivity index (χ1) is 14.0. The molecule has 0 aliphatic heterocycles. The van der Waals surface area contributed by atoms with Crippen molar-refractivity contribution < 1.29 is 17.9 Å². The second-order valence-electron chi connectivity index (χ2n) is 6.18. The number of thiazole rings is 1. The third kappa shape index (κ3) is 4.44. The molecule has 0 atom stereocenters. The molecule has 146 valence electrons. The van der Waals surface area contributed by atoms with Gasteiger partial charge in [0.1, 0.15) is 10.8 Å². The summed E-state index contributed by atoms with van der Waals surface area (Å²) in [5.41, 5.74) is 0.810. The van der Waals surface area contributed by atoms with Crippen molar-refractivity contribution in [1.29, 1.82) is 0 Å². The topological polar surface area (TPSA) is 85.4 Å². The molecule has 1 amide bonds. The smallest absolute Gasteiger partial charge is 0.282 e. The van der Waals surface area contributed by atoms with Gasteiger partial charge in [-0.1, -0.05) is 60.7 Å². The lowest BCUT2D eigenvalue weighted by molar-refractivity contribution is -0.121. The average Bonchev–Trinajstić information content (AvgIpc) is 3.24. The third-order valence-electron chi connectivity index (χ3n) is 4.12. The fraction of sp³-hybridized carbons (Fsp3) is 0.0476. The van der Waals surface area contributed by atoms with Crippen LogP contribution in [0.5, 0.6) is 5.75 Å². The zero-order valence-electron chi connectivity index (χ0n) is 15.1. The van der Waals surface area contributed by atoms with Gasteiger partial charge in [-0.15, -0.1) is 11.3 Å². The molecule has 0 saturated carbocycles. The Kier molecular flexibility index (Phi) is 5.28. The Balaban J connectivity index is 1.41. The maximum absolute atomic E-state index is 12.4. The van der Waals surface area contributed by atoms with E-state index >= 15 is 0 Å². The molecule has 8 heteroatoms. The molecule has 3 aromatic carbocycles. The minimum atomic E-state index is -4.07. The summed E-state index contributed by atoms with van der Waals surface area (Å²) in [6, 6.07) is 22.4. The van der Waals surface area contributed by atoms with Gasteiger partial charge in [-0.3, -0.25) is 4.79 Å². The summed E-state index contributed by atoms with van der Waals surface area (Å²) < 4.78 is 32.3. The molecule has 0 unspecified atom stereocenters. The fourth-order valence-electron chi connectivity index (χ4n) is 2.73. The number of fused-ring (bicyclic) bond motifs is 1. The van der Waals surface area contributed by atoms with E-state index < -0.39 is 22.5 Å². The van der Waals surface area contributed by atoms with E-state index in [0.717, 1.165) is 16.3 Å². The lowest BCUT2D eigenvalue weighted by atomic mass is 10.1. The average molecular weight is 425 g/mol. The molecule has 0 bridgehead atoms. The maximum atomic E-state index is 12.4. The van der Waals surface area contributed by atoms with Crippen LogP contribution < -0.4 is 9.46 Å². The Labute approximate surface area is 171 Å². The van der Waals surface area contributed by atoms with E-state index in [1.807, 2.05) is 65.4 Å². The molecule has 1 N–H and O–H groups in total. The van der Waals surface area contributed by atoms with Crippen LogP contribution in [0.4, 0.5) is 0 Å². The van der Waals surface area contributed by atoms with Gasteiger partial charge in [0.25, 0.3) is 15.9 Å². The van der Waals surface area contributed by atoms with E-state index in [1.165, 1.54) is 16.7 Å². The molecule has 0 saturated heterocycles. The Bertz CT molecular complexity index is 1270. The third-order valence-corrected chi connectivity index (χ3v) is 6.41. The van der Waals surface area contributed by atoms with Crippen molar-refractivity contribution in [3.63, 3.8) is 0 Å². The predicted octanol–water partition coefficient (Wildman–Crippen LogP) is 3.85. The number of nitrogens with zero attached hydrogens (tertiary/aromatic N) is 1. The normalized spacial score (nSPS) is 11.3. The van der Waals surface area contributed by atoms with Crippen molar-refractivity contribution >= 4 is 38.0 Å². The van der Waals surface area contributed by atoms with E-state index in [-0.39, 0.29) is 5.03 Å². The monoisotopic (exact) mass is 424 g/mol. The number of rotatable bonds is 6. The fourth-order valence-corrected chi connectivity index (χ4v) is 4.81. The Morgan fingerprint density at radius 2 is 1.69 bits per heavy atom. The van der Waals surface area contributed by atoms with Crippen LogP contribution in [0.2, 0.25) is 0 Å². The van der Waals surface area contributed by atoms with Gasteiger partial charge in [-0.05, 0) is 22.9 Å². The van der Waals surface area contributed by atoms with Crippen LogP contribution in [0.3, 0.4) is 0 Å². The summed E-state index contributed by atoms with van der Waals surface area (Å²) in [5.74, 6) is -0.288. The highest BCUT2D eigenvalue weighted by atomic mass is 32.2. The zero-order valence-corrected chi connectivity index (χ0v) is 16.7. The molecule has 0 aliphatic carbocycles. The van der Waals surface area contributed by atoms with Crippen LogP contribution in [-0.2, 0) is 14.8 Å². The summed E-state index contributed by atoms with van der Waals surface area (Å²) in [7, 11) is -4.07. The molecule has 0 spiro atoms. The van der Waals surface area contributed by atoms with Crippen molar-refractivity contribution in [1.82, 2.24) is 9.71 Å². The lowest BCUT2D eigenvalue weighted by Crippen LogP contribution is -2.34. The van der Waals surface area contributed by atoms with Gasteiger partial charge in [0.05, 0.1) is 0 Å². The Hall–Kier alpha value is -3.23. The molecular weight excluding hydrogens is 408 g/mol. The summed E-state index contributed by atoms with van der Waals surface area (Å²) >= 11 is 1.20. The number of nitrogens with one attached hydrogen (secondary N) is 1. The van der Waals surface area contributed by atoms with Crippen LogP contribution in [0.1, 0.15) is 0 Å². The first-order valence-electron chi connectivity index (χ1n) is 8.69. The standard InChI is InChI=1S/C21H16N2O4S2/c24-19(13-27-18-11-10-15-6-4-5-9-17(15)12-18)23-29(25,26)20-14-28-21(22-20)16-7-2-1-3-8-16/h1-12,14H,13H2,(H,23,24). The van der Waals surface area contributed by atoms with Crippen LogP contribution >= 0.6 is 11.3 Å². The second-order valence-corrected chi connectivity index (χ2v) is 8.67. The largest absolute Gasteiger partial charge is 0.484 e. The number of carbonyl (C=O) groups excluding carboxylic acids is 1. The Morgan fingerprint density at radius 1 is 0.966 bits per heavy atom. The predicted molar refractivity (Wildman–Crippen MR) is 112 cm³/mol. The van der Waals surface area contributed by atoms with E-state index in [9.17, 15) is 13.2 Å². The summed E-state index contributed by atoms with van der Waals surface area (Å²) in [6.45, 7) is -0.423. The second kappa shape index (κ2) is 8.02. The van der Waals surface area contributed by atoms with Gasteiger partial charge in [0.15, 0.2) is 11.6 Å². The summed E-state index contributed by atoms with van der Waals surface area (Å²) in [4.78, 5) is 16.2.